The third-order valence-corrected chi connectivity index (χ3v) is 4.68. The predicted molar refractivity (Wildman–Crippen MR) is 97.7 cm³/mol. The number of nitrogens with zero attached hydrogens (tertiary/aromatic N) is 1. The van der Waals surface area contributed by atoms with Crippen molar-refractivity contribution in [2.75, 3.05) is 5.75 Å². The average molecular weight is 373 g/mol. The predicted octanol–water partition coefficient (Wildman–Crippen LogP) is 4.32. The minimum Gasteiger partial charge on any atom is -0.349 e. The molecule has 4 nitrogen and oxygen atoms in total. The van der Waals surface area contributed by atoms with Gasteiger partial charge in [-0.25, -0.2) is 13.8 Å². The van der Waals surface area contributed by atoms with Crippen molar-refractivity contribution in [3.63, 3.8) is 0 Å². The minimum absolute atomic E-state index is 0.147. The van der Waals surface area contributed by atoms with Gasteiger partial charge in [0.25, 0.3) is 0 Å². The number of rotatable bonds is 6. The van der Waals surface area contributed by atoms with Crippen molar-refractivity contribution in [1.29, 1.82) is 0 Å². The Morgan fingerprint density at radius 1 is 1.12 bits per heavy atom. The summed E-state index contributed by atoms with van der Waals surface area (Å²) in [5, 5.41) is 3.47. The molecular weight excluding hydrogens is 356 g/mol. The van der Waals surface area contributed by atoms with E-state index in [1.54, 1.807) is 30.5 Å². The summed E-state index contributed by atoms with van der Waals surface area (Å²) in [6.45, 7) is 1.84. The van der Waals surface area contributed by atoms with Gasteiger partial charge in [-0.15, -0.1) is 0 Å². The number of imidazole rings is 1. The Morgan fingerprint density at radius 2 is 1.73 bits per heavy atom. The van der Waals surface area contributed by atoms with Crippen molar-refractivity contribution in [3.05, 3.63) is 71.9 Å². The van der Waals surface area contributed by atoms with Gasteiger partial charge in [-0.1, -0.05) is 23.9 Å². The van der Waals surface area contributed by atoms with Gasteiger partial charge in [-0.2, -0.15) is 0 Å². The van der Waals surface area contributed by atoms with Crippen LogP contribution in [-0.4, -0.2) is 21.6 Å². The highest BCUT2D eigenvalue weighted by molar-refractivity contribution is 7.99. The standard InChI is InChI=1S/C19H17F2N3OS/c1-12(13-2-6-15(20)7-3-13)23-18(25)11-26-19-22-10-17(24-19)14-4-8-16(21)9-5-14/h2-10,12H,11H2,1H3,(H,22,24)(H,23,25). The fourth-order valence-electron chi connectivity index (χ4n) is 2.40. The molecule has 2 N–H and O–H groups in total. The molecule has 0 saturated carbocycles. The van der Waals surface area contributed by atoms with Gasteiger partial charge < -0.3 is 10.3 Å². The van der Waals surface area contributed by atoms with E-state index in [9.17, 15) is 13.6 Å². The maximum Gasteiger partial charge on any atom is 0.230 e. The summed E-state index contributed by atoms with van der Waals surface area (Å²) in [5.74, 6) is -0.555. The number of H-pyrrole nitrogens is 1. The number of halogens is 2. The van der Waals surface area contributed by atoms with Gasteiger partial charge in [0.2, 0.25) is 5.91 Å². The van der Waals surface area contributed by atoms with E-state index in [-0.39, 0.29) is 29.3 Å². The number of hydrogen-bond acceptors (Lipinski definition) is 3. The van der Waals surface area contributed by atoms with Crippen LogP contribution < -0.4 is 5.32 Å². The van der Waals surface area contributed by atoms with Crippen LogP contribution in [-0.2, 0) is 4.79 Å². The van der Waals surface area contributed by atoms with Crippen molar-refractivity contribution in [2.24, 2.45) is 0 Å². The maximum atomic E-state index is 13.0. The first-order chi connectivity index (χ1) is 12.5. The molecular formula is C19H17F2N3OS. The Hall–Kier alpha value is -2.67. The van der Waals surface area contributed by atoms with Crippen LogP contribution >= 0.6 is 11.8 Å². The van der Waals surface area contributed by atoms with Crippen LogP contribution in [0, 0.1) is 11.6 Å². The van der Waals surface area contributed by atoms with Crippen molar-refractivity contribution >= 4 is 17.7 Å². The topological polar surface area (TPSA) is 57.8 Å². The highest BCUT2D eigenvalue weighted by Crippen LogP contribution is 2.22. The molecule has 1 aromatic heterocycles. The normalized spacial score (nSPS) is 12.0. The molecule has 134 valence electrons. The average Bonchev–Trinajstić information content (AvgIpc) is 3.10. The van der Waals surface area contributed by atoms with Crippen molar-refractivity contribution in [2.45, 2.75) is 18.1 Å². The van der Waals surface area contributed by atoms with Crippen LogP contribution in [0.2, 0.25) is 0 Å². The second kappa shape index (κ2) is 8.14. The molecule has 3 aromatic rings. The van der Waals surface area contributed by atoms with Crippen LogP contribution in [0.15, 0.2) is 59.9 Å². The summed E-state index contributed by atoms with van der Waals surface area (Å²) in [6, 6.07) is 11.9. The first-order valence-electron chi connectivity index (χ1n) is 8.00. The third kappa shape index (κ3) is 4.70. The number of hydrogen-bond donors (Lipinski definition) is 2. The number of aromatic nitrogens is 2. The molecule has 0 aliphatic carbocycles. The first-order valence-corrected chi connectivity index (χ1v) is 8.98. The van der Waals surface area contributed by atoms with Crippen LogP contribution in [0.5, 0.6) is 0 Å². The number of amides is 1. The summed E-state index contributed by atoms with van der Waals surface area (Å²) in [6.07, 6.45) is 1.65. The van der Waals surface area contributed by atoms with E-state index < -0.39 is 0 Å². The van der Waals surface area contributed by atoms with Gasteiger partial charge in [-0.05, 0) is 54.4 Å². The molecule has 1 unspecified atom stereocenters. The first kappa shape index (κ1) is 18.1. The molecule has 1 atom stereocenters. The second-order valence-corrected chi connectivity index (χ2v) is 6.70. The summed E-state index contributed by atoms with van der Waals surface area (Å²) >= 11 is 1.27. The van der Waals surface area contributed by atoms with Gasteiger partial charge in [0.15, 0.2) is 5.16 Å². The Kier molecular flexibility index (Phi) is 5.68. The number of benzene rings is 2. The number of aromatic amines is 1. The van der Waals surface area contributed by atoms with Crippen LogP contribution in [0.3, 0.4) is 0 Å². The zero-order valence-electron chi connectivity index (χ0n) is 14.0. The van der Waals surface area contributed by atoms with E-state index in [0.717, 1.165) is 16.8 Å². The van der Waals surface area contributed by atoms with Gasteiger partial charge >= 0.3 is 0 Å². The summed E-state index contributed by atoms with van der Waals surface area (Å²) in [5.41, 5.74) is 2.41. The highest BCUT2D eigenvalue weighted by Gasteiger charge is 2.11. The van der Waals surface area contributed by atoms with Crippen LogP contribution in [0.25, 0.3) is 11.3 Å². The molecule has 1 heterocycles. The Bertz CT molecular complexity index is 879. The van der Waals surface area contributed by atoms with E-state index in [4.69, 9.17) is 0 Å². The fraction of sp³-hybridized carbons (Fsp3) is 0.158. The molecule has 1 amide bonds. The Morgan fingerprint density at radius 3 is 2.38 bits per heavy atom. The number of carbonyl (C=O) groups excluding carboxylic acids is 1. The monoisotopic (exact) mass is 373 g/mol. The fourth-order valence-corrected chi connectivity index (χ4v) is 3.06. The maximum absolute atomic E-state index is 13.0. The molecule has 7 heteroatoms. The van der Waals surface area contributed by atoms with E-state index in [1.165, 1.54) is 36.0 Å². The van der Waals surface area contributed by atoms with Crippen LogP contribution in [0.4, 0.5) is 8.78 Å². The van der Waals surface area contributed by atoms with Gasteiger partial charge in [0.1, 0.15) is 11.6 Å². The number of carbonyl (C=O) groups is 1. The van der Waals surface area contributed by atoms with Crippen molar-refractivity contribution in [1.82, 2.24) is 15.3 Å². The van der Waals surface area contributed by atoms with Gasteiger partial charge in [0, 0.05) is 0 Å². The van der Waals surface area contributed by atoms with E-state index in [2.05, 4.69) is 15.3 Å². The molecule has 0 radical (unpaired) electrons. The smallest absolute Gasteiger partial charge is 0.230 e. The Balaban J connectivity index is 1.53. The lowest BCUT2D eigenvalue weighted by molar-refractivity contribution is -0.119. The summed E-state index contributed by atoms with van der Waals surface area (Å²) in [7, 11) is 0. The molecule has 0 bridgehead atoms. The SMILES string of the molecule is CC(NC(=O)CSc1ncc(-c2ccc(F)cc2)[nH]1)c1ccc(F)cc1. The molecule has 2 aromatic carbocycles. The summed E-state index contributed by atoms with van der Waals surface area (Å²) < 4.78 is 25.9. The van der Waals surface area contributed by atoms with Crippen LogP contribution in [0.1, 0.15) is 18.5 Å². The van der Waals surface area contributed by atoms with E-state index in [0.29, 0.717) is 5.16 Å². The lowest BCUT2D eigenvalue weighted by Crippen LogP contribution is -2.28. The van der Waals surface area contributed by atoms with Crippen molar-refractivity contribution in [3.8, 4) is 11.3 Å². The lowest BCUT2D eigenvalue weighted by atomic mass is 10.1. The third-order valence-electron chi connectivity index (χ3n) is 3.80. The zero-order chi connectivity index (χ0) is 18.5. The molecule has 0 aliphatic heterocycles. The van der Waals surface area contributed by atoms with Gasteiger partial charge in [-0.3, -0.25) is 4.79 Å². The second-order valence-electron chi connectivity index (χ2n) is 5.74. The Labute approximate surface area is 154 Å². The number of thioether (sulfide) groups is 1. The highest BCUT2D eigenvalue weighted by atomic mass is 32.2. The molecule has 0 fully saturated rings. The quantitative estimate of drug-likeness (QED) is 0.633. The van der Waals surface area contributed by atoms with E-state index in [1.807, 2.05) is 6.92 Å². The minimum atomic E-state index is -0.308. The largest absolute Gasteiger partial charge is 0.349 e. The zero-order valence-corrected chi connectivity index (χ0v) is 14.8. The summed E-state index contributed by atoms with van der Waals surface area (Å²) in [4.78, 5) is 19.4. The number of nitrogens with one attached hydrogen (secondary N) is 2. The van der Waals surface area contributed by atoms with Gasteiger partial charge in [0.05, 0.1) is 23.7 Å². The van der Waals surface area contributed by atoms with E-state index >= 15 is 0 Å². The molecule has 3 rings (SSSR count). The van der Waals surface area contributed by atoms with Crippen molar-refractivity contribution < 1.29 is 13.6 Å². The lowest BCUT2D eigenvalue weighted by Gasteiger charge is -2.13. The molecule has 0 spiro atoms. The molecule has 26 heavy (non-hydrogen) atoms. The molecule has 0 saturated heterocycles. The molecule has 0 aliphatic rings.